The van der Waals surface area contributed by atoms with Crippen molar-refractivity contribution >= 4 is 23.6 Å². The number of pyridine rings is 1. The fraction of sp³-hybridized carbons (Fsp3) is 0.188. The third kappa shape index (κ3) is 2.62. The van der Waals surface area contributed by atoms with Gasteiger partial charge >= 0.3 is 0 Å². The highest BCUT2D eigenvalue weighted by Gasteiger charge is 1.94. The normalized spacial score (nSPS) is 13.0. The van der Waals surface area contributed by atoms with E-state index in [1.165, 1.54) is 0 Å². The molecule has 0 aliphatic heterocycles. The molecule has 0 N–H and O–H groups in total. The molecule has 2 aromatic rings. The number of rotatable bonds is 2. The molecule has 1 heteroatoms. The molecule has 0 radical (unpaired) electrons. The second kappa shape index (κ2) is 4.96. The Morgan fingerprint density at radius 3 is 2.82 bits per heavy atom. The molecule has 0 bridgehead atoms. The zero-order valence-corrected chi connectivity index (χ0v) is 10.4. The average molecular weight is 223 g/mol. The van der Waals surface area contributed by atoms with Crippen LogP contribution in [-0.4, -0.2) is 4.98 Å². The standard InChI is InChI=1S/C16H17N/c1-12(2)6-4-7-14-9-10-15-8-5-11-17-16(15)13(14)3/h4-12H,3H2,1-2H3/b6-4-,14-7-. The summed E-state index contributed by atoms with van der Waals surface area (Å²) in [6.07, 6.45) is 8.16. The summed E-state index contributed by atoms with van der Waals surface area (Å²) in [4.78, 5) is 4.38. The smallest absolute Gasteiger partial charge is 0.0774 e. The predicted octanol–water partition coefficient (Wildman–Crippen LogP) is 2.64. The predicted molar refractivity (Wildman–Crippen MR) is 75.0 cm³/mol. The minimum Gasteiger partial charge on any atom is -0.256 e. The summed E-state index contributed by atoms with van der Waals surface area (Å²) in [5.41, 5.74) is 0.985. The molecular weight excluding hydrogens is 206 g/mol. The summed E-state index contributed by atoms with van der Waals surface area (Å²) in [6, 6.07) is 8.19. The van der Waals surface area contributed by atoms with Crippen molar-refractivity contribution < 1.29 is 0 Å². The van der Waals surface area contributed by atoms with E-state index in [4.69, 9.17) is 0 Å². The first kappa shape index (κ1) is 11.6. The maximum atomic E-state index is 4.38. The minimum atomic E-state index is 0.568. The molecule has 0 aliphatic rings. The monoisotopic (exact) mass is 223 g/mol. The fourth-order valence-corrected chi connectivity index (χ4v) is 1.76. The Kier molecular flexibility index (Phi) is 3.38. The summed E-state index contributed by atoms with van der Waals surface area (Å²) in [5.74, 6) is 0.568. The largest absolute Gasteiger partial charge is 0.256 e. The second-order valence-electron chi connectivity index (χ2n) is 4.50. The Labute approximate surface area is 102 Å². The van der Waals surface area contributed by atoms with Crippen LogP contribution in [0.2, 0.25) is 0 Å². The van der Waals surface area contributed by atoms with E-state index in [-0.39, 0.29) is 0 Å². The van der Waals surface area contributed by atoms with Crippen LogP contribution in [0.5, 0.6) is 0 Å². The zero-order chi connectivity index (χ0) is 12.3. The van der Waals surface area contributed by atoms with E-state index in [0.29, 0.717) is 5.92 Å². The third-order valence-electron chi connectivity index (χ3n) is 2.69. The van der Waals surface area contributed by atoms with Crippen molar-refractivity contribution in [2.45, 2.75) is 13.8 Å². The fourth-order valence-electron chi connectivity index (χ4n) is 1.76. The van der Waals surface area contributed by atoms with Crippen molar-refractivity contribution in [2.24, 2.45) is 5.92 Å². The van der Waals surface area contributed by atoms with Gasteiger partial charge in [0.05, 0.1) is 5.52 Å². The van der Waals surface area contributed by atoms with Gasteiger partial charge in [0.2, 0.25) is 0 Å². The molecule has 1 nitrogen and oxygen atoms in total. The molecule has 0 spiro atoms. The van der Waals surface area contributed by atoms with Crippen molar-refractivity contribution in [3.05, 3.63) is 53.1 Å². The van der Waals surface area contributed by atoms with E-state index in [1.54, 1.807) is 0 Å². The Hall–Kier alpha value is -1.89. The molecule has 0 fully saturated rings. The highest BCUT2D eigenvalue weighted by molar-refractivity contribution is 5.79. The minimum absolute atomic E-state index is 0.568. The van der Waals surface area contributed by atoms with Gasteiger partial charge in [0.1, 0.15) is 0 Å². The molecule has 0 atom stereocenters. The van der Waals surface area contributed by atoms with Gasteiger partial charge in [-0.2, -0.15) is 0 Å². The SMILES string of the molecule is C=c1/c(=C\C=C/C(C)C)ccc2cccnc12. The van der Waals surface area contributed by atoms with Gasteiger partial charge in [-0.3, -0.25) is 4.98 Å². The molecule has 1 aromatic heterocycles. The van der Waals surface area contributed by atoms with Crippen molar-refractivity contribution in [1.82, 2.24) is 4.98 Å². The highest BCUT2D eigenvalue weighted by Crippen LogP contribution is 2.02. The summed E-state index contributed by atoms with van der Waals surface area (Å²) in [7, 11) is 0. The number of nitrogens with zero attached hydrogens (tertiary/aromatic N) is 1. The van der Waals surface area contributed by atoms with Crippen LogP contribution in [-0.2, 0) is 0 Å². The van der Waals surface area contributed by atoms with Crippen molar-refractivity contribution in [1.29, 1.82) is 0 Å². The lowest BCUT2D eigenvalue weighted by atomic mass is 10.1. The van der Waals surface area contributed by atoms with Crippen LogP contribution >= 0.6 is 0 Å². The first-order chi connectivity index (χ1) is 8.18. The Morgan fingerprint density at radius 1 is 1.24 bits per heavy atom. The van der Waals surface area contributed by atoms with E-state index in [2.05, 4.69) is 61.8 Å². The van der Waals surface area contributed by atoms with Crippen LogP contribution in [0.15, 0.2) is 42.6 Å². The quantitative estimate of drug-likeness (QED) is 0.762. The number of fused-ring (bicyclic) bond motifs is 1. The van der Waals surface area contributed by atoms with Crippen molar-refractivity contribution in [2.75, 3.05) is 0 Å². The van der Waals surface area contributed by atoms with E-state index in [1.807, 2.05) is 12.3 Å². The molecule has 86 valence electrons. The van der Waals surface area contributed by atoms with Gasteiger partial charge in [-0.05, 0) is 17.2 Å². The Morgan fingerprint density at radius 2 is 2.06 bits per heavy atom. The Bertz CT molecular complexity index is 651. The van der Waals surface area contributed by atoms with E-state index in [9.17, 15) is 0 Å². The van der Waals surface area contributed by atoms with E-state index in [0.717, 1.165) is 21.3 Å². The molecule has 2 rings (SSSR count). The van der Waals surface area contributed by atoms with Gasteiger partial charge in [-0.15, -0.1) is 0 Å². The number of allylic oxidation sites excluding steroid dienone is 2. The zero-order valence-electron chi connectivity index (χ0n) is 10.4. The maximum absolute atomic E-state index is 4.38. The van der Waals surface area contributed by atoms with Gasteiger partial charge in [-0.1, -0.05) is 56.9 Å². The summed E-state index contributed by atoms with van der Waals surface area (Å²) in [6.45, 7) is 8.45. The topological polar surface area (TPSA) is 12.9 Å². The van der Waals surface area contributed by atoms with E-state index >= 15 is 0 Å². The maximum Gasteiger partial charge on any atom is 0.0774 e. The molecule has 17 heavy (non-hydrogen) atoms. The first-order valence-electron chi connectivity index (χ1n) is 5.89. The van der Waals surface area contributed by atoms with Crippen LogP contribution in [0.25, 0.3) is 23.6 Å². The summed E-state index contributed by atoms with van der Waals surface area (Å²) >= 11 is 0. The molecular formula is C16H17N. The summed E-state index contributed by atoms with van der Waals surface area (Å²) in [5, 5.41) is 3.27. The van der Waals surface area contributed by atoms with Crippen molar-refractivity contribution in [3.8, 4) is 0 Å². The molecule has 1 aromatic carbocycles. The number of aromatic nitrogens is 1. The van der Waals surface area contributed by atoms with Gasteiger partial charge in [-0.25, -0.2) is 0 Å². The lowest BCUT2D eigenvalue weighted by molar-refractivity contribution is 0.832. The van der Waals surface area contributed by atoms with E-state index < -0.39 is 0 Å². The van der Waals surface area contributed by atoms with Crippen LogP contribution in [0.4, 0.5) is 0 Å². The number of benzene rings is 1. The molecule has 0 amide bonds. The van der Waals surface area contributed by atoms with Gasteiger partial charge in [0, 0.05) is 16.8 Å². The number of hydrogen-bond donors (Lipinski definition) is 0. The van der Waals surface area contributed by atoms with Gasteiger partial charge in [0.25, 0.3) is 0 Å². The molecule has 1 heterocycles. The third-order valence-corrected chi connectivity index (χ3v) is 2.69. The first-order valence-corrected chi connectivity index (χ1v) is 5.89. The highest BCUT2D eigenvalue weighted by atomic mass is 14.6. The van der Waals surface area contributed by atoms with Crippen molar-refractivity contribution in [3.63, 3.8) is 0 Å². The number of hydrogen-bond acceptors (Lipinski definition) is 1. The molecule has 0 saturated heterocycles. The van der Waals surface area contributed by atoms with Crippen LogP contribution in [0.1, 0.15) is 13.8 Å². The Balaban J connectivity index is 2.57. The van der Waals surface area contributed by atoms with Crippen LogP contribution in [0, 0.1) is 5.92 Å². The molecule has 0 aliphatic carbocycles. The van der Waals surface area contributed by atoms with Crippen LogP contribution < -0.4 is 10.4 Å². The lowest BCUT2D eigenvalue weighted by Crippen LogP contribution is -2.23. The lowest BCUT2D eigenvalue weighted by Gasteiger charge is -1.97. The van der Waals surface area contributed by atoms with Crippen LogP contribution in [0.3, 0.4) is 0 Å². The van der Waals surface area contributed by atoms with Gasteiger partial charge < -0.3 is 0 Å². The molecule has 0 saturated carbocycles. The van der Waals surface area contributed by atoms with Gasteiger partial charge in [0.15, 0.2) is 0 Å². The average Bonchev–Trinajstić information content (AvgIpc) is 2.32. The second-order valence-corrected chi connectivity index (χ2v) is 4.50. The molecule has 0 unspecified atom stereocenters. The summed E-state index contributed by atoms with van der Waals surface area (Å²) < 4.78 is 0.